The van der Waals surface area contributed by atoms with E-state index < -0.39 is 0 Å². The molecule has 5 heteroatoms. The Morgan fingerprint density at radius 3 is 2.33 bits per heavy atom. The van der Waals surface area contributed by atoms with E-state index in [0.717, 1.165) is 31.9 Å². The van der Waals surface area contributed by atoms with Gasteiger partial charge in [-0.2, -0.15) is 0 Å². The maximum absolute atomic E-state index is 5.54. The molecule has 1 N–H and O–H groups in total. The molecule has 0 radical (unpaired) electrons. The number of nitrogens with one attached hydrogen (secondary N) is 1. The molecule has 134 valence electrons. The Labute approximate surface area is 157 Å². The van der Waals surface area contributed by atoms with Crippen LogP contribution in [0, 0.1) is 0 Å². The van der Waals surface area contributed by atoms with Crippen molar-refractivity contribution in [2.75, 3.05) is 33.3 Å². The highest BCUT2D eigenvalue weighted by Crippen LogP contribution is 2.35. The monoisotopic (exact) mass is 370 g/mol. The predicted octanol–water partition coefficient (Wildman–Crippen LogP) is 4.44. The van der Waals surface area contributed by atoms with Crippen LogP contribution in [0.4, 0.5) is 0 Å². The Morgan fingerprint density at radius 1 is 1.04 bits per heavy atom. The van der Waals surface area contributed by atoms with E-state index >= 15 is 0 Å². The van der Waals surface area contributed by atoms with Crippen LogP contribution in [0.1, 0.15) is 31.4 Å². The molecule has 1 aliphatic heterocycles. The van der Waals surface area contributed by atoms with Gasteiger partial charge in [0.25, 0.3) is 0 Å². The normalized spacial score (nSPS) is 16.1. The molecule has 3 rings (SSSR count). The molecule has 0 aromatic heterocycles. The van der Waals surface area contributed by atoms with E-state index in [0.29, 0.717) is 6.04 Å². The maximum atomic E-state index is 5.54. The SMILES string of the molecule is CCC[C@@H](c1ccc(OC)c2ccccc12)N1CCNCC1.Cl.Cl. The van der Waals surface area contributed by atoms with Gasteiger partial charge in [-0.25, -0.2) is 0 Å². The summed E-state index contributed by atoms with van der Waals surface area (Å²) < 4.78 is 5.54. The molecule has 2 aromatic rings. The van der Waals surface area contributed by atoms with Crippen LogP contribution < -0.4 is 10.1 Å². The second-order valence-corrected chi connectivity index (χ2v) is 5.99. The minimum Gasteiger partial charge on any atom is -0.496 e. The molecule has 1 atom stereocenters. The molecule has 2 aromatic carbocycles. The van der Waals surface area contributed by atoms with E-state index in [9.17, 15) is 0 Å². The molecule has 0 spiro atoms. The Hall–Kier alpha value is -1.000. The zero-order valence-electron chi connectivity index (χ0n) is 14.5. The van der Waals surface area contributed by atoms with Gasteiger partial charge in [0.1, 0.15) is 5.75 Å². The summed E-state index contributed by atoms with van der Waals surface area (Å²) in [5, 5.41) is 6.01. The number of halogens is 2. The van der Waals surface area contributed by atoms with Crippen molar-refractivity contribution >= 4 is 35.6 Å². The minimum absolute atomic E-state index is 0. The number of hydrogen-bond acceptors (Lipinski definition) is 3. The number of hydrogen-bond donors (Lipinski definition) is 1. The molecule has 1 aliphatic rings. The third-order valence-electron chi connectivity index (χ3n) is 4.65. The van der Waals surface area contributed by atoms with Crippen molar-refractivity contribution in [1.82, 2.24) is 10.2 Å². The van der Waals surface area contributed by atoms with Crippen molar-refractivity contribution in [2.24, 2.45) is 0 Å². The van der Waals surface area contributed by atoms with Crippen molar-refractivity contribution in [1.29, 1.82) is 0 Å². The number of piperazine rings is 1. The molecule has 0 aliphatic carbocycles. The van der Waals surface area contributed by atoms with Crippen LogP contribution in [-0.4, -0.2) is 38.2 Å². The summed E-state index contributed by atoms with van der Waals surface area (Å²) in [5.41, 5.74) is 1.44. The zero-order valence-corrected chi connectivity index (χ0v) is 16.1. The summed E-state index contributed by atoms with van der Waals surface area (Å²) in [7, 11) is 1.75. The maximum Gasteiger partial charge on any atom is 0.126 e. The fraction of sp³-hybridized carbons (Fsp3) is 0.474. The van der Waals surface area contributed by atoms with Gasteiger partial charge >= 0.3 is 0 Å². The first kappa shape index (κ1) is 21.0. The van der Waals surface area contributed by atoms with Gasteiger partial charge in [0.2, 0.25) is 0 Å². The highest BCUT2D eigenvalue weighted by Gasteiger charge is 2.23. The number of nitrogens with zero attached hydrogens (tertiary/aromatic N) is 1. The molecule has 0 bridgehead atoms. The van der Waals surface area contributed by atoms with Crippen LogP contribution in [0.5, 0.6) is 5.75 Å². The summed E-state index contributed by atoms with van der Waals surface area (Å²) in [6, 6.07) is 13.5. The lowest BCUT2D eigenvalue weighted by Crippen LogP contribution is -2.45. The van der Waals surface area contributed by atoms with Gasteiger partial charge in [-0.3, -0.25) is 4.90 Å². The van der Waals surface area contributed by atoms with Crippen LogP contribution in [0.3, 0.4) is 0 Å². The Bertz CT molecular complexity index is 630. The van der Waals surface area contributed by atoms with Crippen molar-refractivity contribution in [3.63, 3.8) is 0 Å². The first-order valence-electron chi connectivity index (χ1n) is 8.35. The van der Waals surface area contributed by atoms with Crippen LogP contribution >= 0.6 is 24.8 Å². The van der Waals surface area contributed by atoms with E-state index in [1.165, 1.54) is 29.2 Å². The first-order valence-corrected chi connectivity index (χ1v) is 8.35. The van der Waals surface area contributed by atoms with E-state index in [2.05, 4.69) is 53.5 Å². The van der Waals surface area contributed by atoms with Gasteiger partial charge in [-0.15, -0.1) is 24.8 Å². The van der Waals surface area contributed by atoms with E-state index in [4.69, 9.17) is 4.74 Å². The van der Waals surface area contributed by atoms with Crippen molar-refractivity contribution in [3.8, 4) is 5.75 Å². The van der Waals surface area contributed by atoms with Gasteiger partial charge in [-0.1, -0.05) is 43.7 Å². The molecule has 1 fully saturated rings. The predicted molar refractivity (Wildman–Crippen MR) is 107 cm³/mol. The fourth-order valence-electron chi connectivity index (χ4n) is 3.57. The summed E-state index contributed by atoms with van der Waals surface area (Å²) in [6.45, 7) is 6.72. The summed E-state index contributed by atoms with van der Waals surface area (Å²) in [5.74, 6) is 0.968. The molecule has 3 nitrogen and oxygen atoms in total. The van der Waals surface area contributed by atoms with Crippen LogP contribution in [0.2, 0.25) is 0 Å². The average Bonchev–Trinajstić information content (AvgIpc) is 2.60. The lowest BCUT2D eigenvalue weighted by molar-refractivity contribution is 0.165. The third kappa shape index (κ3) is 4.34. The van der Waals surface area contributed by atoms with Crippen LogP contribution in [-0.2, 0) is 0 Å². The number of benzene rings is 2. The first-order chi connectivity index (χ1) is 10.8. The highest BCUT2D eigenvalue weighted by molar-refractivity contribution is 5.91. The molecule has 0 saturated carbocycles. The molecule has 1 saturated heterocycles. The molecule has 24 heavy (non-hydrogen) atoms. The van der Waals surface area contributed by atoms with E-state index in [1.54, 1.807) is 7.11 Å². The van der Waals surface area contributed by atoms with Crippen LogP contribution in [0.15, 0.2) is 36.4 Å². The fourth-order valence-corrected chi connectivity index (χ4v) is 3.57. The van der Waals surface area contributed by atoms with Gasteiger partial charge in [0.05, 0.1) is 7.11 Å². The molecular formula is C19H28Cl2N2O. The van der Waals surface area contributed by atoms with Crippen molar-refractivity contribution in [2.45, 2.75) is 25.8 Å². The number of fused-ring (bicyclic) bond motifs is 1. The third-order valence-corrected chi connectivity index (χ3v) is 4.65. The second kappa shape index (κ2) is 10.1. The summed E-state index contributed by atoms with van der Waals surface area (Å²) in [4.78, 5) is 2.63. The smallest absolute Gasteiger partial charge is 0.126 e. The molecule has 0 amide bonds. The highest BCUT2D eigenvalue weighted by atomic mass is 35.5. The molecule has 0 unspecified atom stereocenters. The number of rotatable bonds is 5. The van der Waals surface area contributed by atoms with E-state index in [-0.39, 0.29) is 24.8 Å². The largest absolute Gasteiger partial charge is 0.496 e. The topological polar surface area (TPSA) is 24.5 Å². The average molecular weight is 371 g/mol. The lowest BCUT2D eigenvalue weighted by atomic mass is 9.94. The summed E-state index contributed by atoms with van der Waals surface area (Å²) in [6.07, 6.45) is 2.41. The second-order valence-electron chi connectivity index (χ2n) is 5.99. The number of ether oxygens (including phenoxy) is 1. The van der Waals surface area contributed by atoms with Crippen molar-refractivity contribution in [3.05, 3.63) is 42.0 Å². The Kier molecular flexibility index (Phi) is 8.85. The zero-order chi connectivity index (χ0) is 15.4. The Morgan fingerprint density at radius 2 is 1.71 bits per heavy atom. The van der Waals surface area contributed by atoms with Gasteiger partial charge in [0, 0.05) is 37.6 Å². The van der Waals surface area contributed by atoms with Crippen LogP contribution in [0.25, 0.3) is 10.8 Å². The lowest BCUT2D eigenvalue weighted by Gasteiger charge is -2.36. The van der Waals surface area contributed by atoms with E-state index in [1.807, 2.05) is 0 Å². The number of methoxy groups -OCH3 is 1. The standard InChI is InChI=1S/C19H26N2O.2ClH/c1-3-6-18(21-13-11-20-12-14-21)16-9-10-19(22-2)17-8-5-4-7-15(16)17;;/h4-5,7-10,18,20H,3,6,11-14H2,1-2H3;2*1H/t18-;;/m0../s1. The van der Waals surface area contributed by atoms with Gasteiger partial charge in [-0.05, 0) is 23.4 Å². The van der Waals surface area contributed by atoms with Crippen molar-refractivity contribution < 1.29 is 4.74 Å². The molecular weight excluding hydrogens is 343 g/mol. The Balaban J connectivity index is 0.00000144. The molecule has 1 heterocycles. The summed E-state index contributed by atoms with van der Waals surface area (Å²) >= 11 is 0. The minimum atomic E-state index is 0. The quantitative estimate of drug-likeness (QED) is 0.841. The van der Waals surface area contributed by atoms with Gasteiger partial charge in [0.15, 0.2) is 0 Å². The van der Waals surface area contributed by atoms with Gasteiger partial charge < -0.3 is 10.1 Å².